The van der Waals surface area contributed by atoms with Gasteiger partial charge in [0.1, 0.15) is 18.0 Å². The summed E-state index contributed by atoms with van der Waals surface area (Å²) in [6.45, 7) is 1.40. The normalized spacial score (nSPS) is 10.9. The fraction of sp³-hybridized carbons (Fsp3) is 0.138. The Morgan fingerprint density at radius 1 is 0.789 bits per heavy atom. The molecule has 1 N–H and O–H groups in total. The summed E-state index contributed by atoms with van der Waals surface area (Å²) in [7, 11) is -1.14. The molecule has 0 aliphatic heterocycles. The molecule has 4 aromatic carbocycles. The molecule has 196 valence electrons. The lowest BCUT2D eigenvalue weighted by atomic mass is 10.2. The average molecular weight is 533 g/mol. The molecule has 4 aromatic rings. The number of rotatable bonds is 10. The Kier molecular flexibility index (Phi) is 8.18. The largest absolute Gasteiger partial charge is 0.493 e. The lowest BCUT2D eigenvalue weighted by molar-refractivity contribution is -0.114. The Bertz CT molecular complexity index is 1490. The Balaban J connectivity index is 1.58. The monoisotopic (exact) mass is 532 g/mol. The van der Waals surface area contributed by atoms with Gasteiger partial charge in [-0.3, -0.25) is 9.10 Å². The minimum atomic E-state index is -4.09. The second kappa shape index (κ2) is 11.7. The number of hydrogen-bond donors (Lipinski definition) is 1. The minimum absolute atomic E-state index is 0.0631. The van der Waals surface area contributed by atoms with Crippen LogP contribution in [-0.2, 0) is 14.8 Å². The number of ether oxygens (including phenoxy) is 3. The van der Waals surface area contributed by atoms with Gasteiger partial charge >= 0.3 is 0 Å². The first-order chi connectivity index (χ1) is 18.3. The van der Waals surface area contributed by atoms with Crippen molar-refractivity contribution in [3.63, 3.8) is 0 Å². The van der Waals surface area contributed by atoms with E-state index in [4.69, 9.17) is 14.2 Å². The van der Waals surface area contributed by atoms with Crippen molar-refractivity contribution < 1.29 is 27.4 Å². The zero-order valence-electron chi connectivity index (χ0n) is 21.2. The first kappa shape index (κ1) is 26.6. The molecule has 4 rings (SSSR count). The lowest BCUT2D eigenvalue weighted by Crippen LogP contribution is -2.38. The van der Waals surface area contributed by atoms with Crippen molar-refractivity contribution in [2.24, 2.45) is 0 Å². The zero-order valence-corrected chi connectivity index (χ0v) is 22.1. The van der Waals surface area contributed by atoms with Crippen LogP contribution in [0.3, 0.4) is 0 Å². The Hall–Kier alpha value is -4.50. The number of nitrogens with zero attached hydrogens (tertiary/aromatic N) is 1. The molecule has 0 radical (unpaired) electrons. The van der Waals surface area contributed by atoms with Crippen molar-refractivity contribution in [3.05, 3.63) is 103 Å². The summed E-state index contributed by atoms with van der Waals surface area (Å²) in [4.78, 5) is 13.1. The van der Waals surface area contributed by atoms with E-state index in [9.17, 15) is 13.2 Å². The summed E-state index contributed by atoms with van der Waals surface area (Å²) < 4.78 is 44.8. The van der Waals surface area contributed by atoms with E-state index >= 15 is 0 Å². The van der Waals surface area contributed by atoms with Crippen LogP contribution in [0.15, 0.2) is 102 Å². The first-order valence-electron chi connectivity index (χ1n) is 11.7. The highest BCUT2D eigenvalue weighted by molar-refractivity contribution is 7.92. The predicted molar refractivity (Wildman–Crippen MR) is 147 cm³/mol. The maximum atomic E-state index is 13.7. The summed E-state index contributed by atoms with van der Waals surface area (Å²) in [5.74, 6) is 1.54. The fourth-order valence-electron chi connectivity index (χ4n) is 3.69. The van der Waals surface area contributed by atoms with Gasteiger partial charge in [-0.15, -0.1) is 0 Å². The van der Waals surface area contributed by atoms with E-state index in [1.54, 1.807) is 48.5 Å². The molecule has 0 bridgehead atoms. The van der Waals surface area contributed by atoms with Crippen molar-refractivity contribution in [1.29, 1.82) is 0 Å². The summed E-state index contributed by atoms with van der Waals surface area (Å²) in [6.07, 6.45) is 0. The van der Waals surface area contributed by atoms with Gasteiger partial charge in [-0.25, -0.2) is 8.42 Å². The number of nitrogens with one attached hydrogen (secondary N) is 1. The number of para-hydroxylation sites is 1. The molecule has 0 spiro atoms. The highest BCUT2D eigenvalue weighted by atomic mass is 32.2. The quantitative estimate of drug-likeness (QED) is 0.284. The van der Waals surface area contributed by atoms with Crippen LogP contribution < -0.4 is 23.8 Å². The van der Waals surface area contributed by atoms with Crippen LogP contribution in [0.25, 0.3) is 0 Å². The van der Waals surface area contributed by atoms with Crippen LogP contribution in [0, 0.1) is 6.92 Å². The second-order valence-corrected chi connectivity index (χ2v) is 10.2. The van der Waals surface area contributed by atoms with Gasteiger partial charge in [0.05, 0.1) is 24.8 Å². The Morgan fingerprint density at radius 3 is 2.05 bits per heavy atom. The molecular weight excluding hydrogens is 504 g/mol. The number of carbonyl (C=O) groups is 1. The summed E-state index contributed by atoms with van der Waals surface area (Å²) in [5, 5.41) is 2.76. The van der Waals surface area contributed by atoms with Crippen molar-refractivity contribution in [2.45, 2.75) is 11.8 Å². The number of anilines is 2. The van der Waals surface area contributed by atoms with E-state index in [0.717, 1.165) is 9.87 Å². The lowest BCUT2D eigenvalue weighted by Gasteiger charge is -2.25. The van der Waals surface area contributed by atoms with Crippen LogP contribution >= 0.6 is 0 Å². The summed E-state index contributed by atoms with van der Waals surface area (Å²) in [6, 6.07) is 27.3. The molecule has 0 aliphatic carbocycles. The van der Waals surface area contributed by atoms with E-state index in [1.807, 2.05) is 37.3 Å². The predicted octanol–water partition coefficient (Wildman–Crippen LogP) is 5.64. The number of aryl methyl sites for hydroxylation is 1. The average Bonchev–Trinajstić information content (AvgIpc) is 2.93. The number of sulfonamides is 1. The minimum Gasteiger partial charge on any atom is -0.493 e. The maximum Gasteiger partial charge on any atom is 0.264 e. The number of benzene rings is 4. The number of hydrogen-bond acceptors (Lipinski definition) is 6. The summed E-state index contributed by atoms with van der Waals surface area (Å²) in [5.41, 5.74) is 1.67. The summed E-state index contributed by atoms with van der Waals surface area (Å²) >= 11 is 0. The number of methoxy groups -OCH3 is 2. The van der Waals surface area contributed by atoms with E-state index in [-0.39, 0.29) is 10.6 Å². The Morgan fingerprint density at radius 2 is 1.42 bits per heavy atom. The van der Waals surface area contributed by atoms with Crippen LogP contribution in [-0.4, -0.2) is 35.1 Å². The SMILES string of the molecule is COc1ccc(N(CC(=O)Nc2ccc(Oc3ccccc3)cc2)S(=O)(=O)c2ccc(C)cc2)cc1OC. The van der Waals surface area contributed by atoms with Gasteiger partial charge in [-0.1, -0.05) is 35.9 Å². The molecule has 9 heteroatoms. The molecule has 0 unspecified atom stereocenters. The molecule has 0 heterocycles. The van der Waals surface area contributed by atoms with Crippen LogP contribution in [0.5, 0.6) is 23.0 Å². The van der Waals surface area contributed by atoms with Gasteiger partial charge < -0.3 is 19.5 Å². The van der Waals surface area contributed by atoms with Gasteiger partial charge in [0.15, 0.2) is 11.5 Å². The first-order valence-corrected chi connectivity index (χ1v) is 13.2. The molecule has 0 fully saturated rings. The molecule has 8 nitrogen and oxygen atoms in total. The zero-order chi connectivity index (χ0) is 27.1. The molecule has 0 aliphatic rings. The van der Waals surface area contributed by atoms with Crippen molar-refractivity contribution in [2.75, 3.05) is 30.4 Å². The van der Waals surface area contributed by atoms with Gasteiger partial charge in [0.25, 0.3) is 10.0 Å². The van der Waals surface area contributed by atoms with E-state index < -0.39 is 22.5 Å². The van der Waals surface area contributed by atoms with Gasteiger partial charge in [-0.05, 0) is 67.6 Å². The smallest absolute Gasteiger partial charge is 0.264 e. The molecule has 0 atom stereocenters. The number of carbonyl (C=O) groups excluding carboxylic acids is 1. The van der Waals surface area contributed by atoms with Crippen molar-refractivity contribution in [3.8, 4) is 23.0 Å². The van der Waals surface area contributed by atoms with Gasteiger partial charge in [-0.2, -0.15) is 0 Å². The molecular formula is C29H28N2O6S. The van der Waals surface area contributed by atoms with E-state index in [2.05, 4.69) is 5.32 Å². The van der Waals surface area contributed by atoms with Gasteiger partial charge in [0.2, 0.25) is 5.91 Å². The van der Waals surface area contributed by atoms with Crippen molar-refractivity contribution >= 4 is 27.3 Å². The molecule has 0 aromatic heterocycles. The molecule has 0 saturated heterocycles. The van der Waals surface area contributed by atoms with Crippen LogP contribution in [0.1, 0.15) is 5.56 Å². The van der Waals surface area contributed by atoms with Crippen LogP contribution in [0.4, 0.5) is 11.4 Å². The third kappa shape index (κ3) is 6.24. The highest BCUT2D eigenvalue weighted by Crippen LogP contribution is 2.34. The topological polar surface area (TPSA) is 94.2 Å². The van der Waals surface area contributed by atoms with E-state index in [0.29, 0.717) is 28.7 Å². The Labute approximate surface area is 222 Å². The molecule has 38 heavy (non-hydrogen) atoms. The van der Waals surface area contributed by atoms with Crippen molar-refractivity contribution in [1.82, 2.24) is 0 Å². The van der Waals surface area contributed by atoms with Gasteiger partial charge in [0, 0.05) is 11.8 Å². The molecule has 0 saturated carbocycles. The maximum absolute atomic E-state index is 13.7. The highest BCUT2D eigenvalue weighted by Gasteiger charge is 2.28. The standard InChI is InChI=1S/C29H28N2O6S/c1-21-9-16-26(17-10-21)38(33,34)31(23-13-18-27(35-2)28(19-23)36-3)20-29(32)30-22-11-14-25(15-12-22)37-24-7-5-4-6-8-24/h4-19H,20H2,1-3H3,(H,30,32). The molecule has 1 amide bonds. The van der Waals surface area contributed by atoms with Crippen LogP contribution in [0.2, 0.25) is 0 Å². The third-order valence-corrected chi connectivity index (χ3v) is 7.46. The van der Waals surface area contributed by atoms with E-state index in [1.165, 1.54) is 32.4 Å². The second-order valence-electron chi connectivity index (χ2n) is 8.35. The fourth-order valence-corrected chi connectivity index (χ4v) is 5.11. The number of amides is 1. The third-order valence-electron chi connectivity index (χ3n) is 5.67.